The number of fused-ring (bicyclic) bond motifs is 1. The van der Waals surface area contributed by atoms with E-state index in [0.717, 1.165) is 24.2 Å². The molecule has 1 aromatic carbocycles. The van der Waals surface area contributed by atoms with Crippen LogP contribution in [0.15, 0.2) is 42.7 Å². The van der Waals surface area contributed by atoms with E-state index in [1.807, 2.05) is 18.2 Å². The molecule has 2 aliphatic rings. The van der Waals surface area contributed by atoms with Crippen LogP contribution >= 0.6 is 0 Å². The summed E-state index contributed by atoms with van der Waals surface area (Å²) >= 11 is 0. The van der Waals surface area contributed by atoms with Crippen LogP contribution in [0.5, 0.6) is 11.5 Å². The zero-order valence-corrected chi connectivity index (χ0v) is 16.5. The van der Waals surface area contributed by atoms with Crippen LogP contribution in [0.4, 0.5) is 0 Å². The van der Waals surface area contributed by atoms with Gasteiger partial charge in [-0.05, 0) is 29.3 Å². The SMILES string of the molecule is O=C(NCc1ccc2c(c1)OCO2)C(=O)NCC(c1cccnc1)N1CCOCC1. The van der Waals surface area contributed by atoms with E-state index in [1.54, 1.807) is 24.5 Å². The summed E-state index contributed by atoms with van der Waals surface area (Å²) in [5.41, 5.74) is 1.81. The van der Waals surface area contributed by atoms with Gasteiger partial charge >= 0.3 is 11.8 Å². The van der Waals surface area contributed by atoms with E-state index in [9.17, 15) is 9.59 Å². The van der Waals surface area contributed by atoms with Crippen molar-refractivity contribution in [3.8, 4) is 11.5 Å². The molecule has 1 fully saturated rings. The molecule has 9 nitrogen and oxygen atoms in total. The second-order valence-electron chi connectivity index (χ2n) is 7.03. The van der Waals surface area contributed by atoms with Crippen LogP contribution in [0.25, 0.3) is 0 Å². The zero-order chi connectivity index (χ0) is 20.8. The average molecular weight is 412 g/mol. The number of hydrogen-bond donors (Lipinski definition) is 2. The Hall–Kier alpha value is -3.17. The van der Waals surface area contributed by atoms with Crippen LogP contribution in [0, 0.1) is 0 Å². The van der Waals surface area contributed by atoms with Crippen molar-refractivity contribution in [1.82, 2.24) is 20.5 Å². The number of carbonyl (C=O) groups is 2. The first-order chi connectivity index (χ1) is 14.7. The minimum absolute atomic E-state index is 0.0757. The molecule has 158 valence electrons. The largest absolute Gasteiger partial charge is 0.454 e. The number of pyridine rings is 1. The maximum absolute atomic E-state index is 12.3. The lowest BCUT2D eigenvalue weighted by molar-refractivity contribution is -0.139. The maximum Gasteiger partial charge on any atom is 0.309 e. The number of aromatic nitrogens is 1. The maximum atomic E-state index is 12.3. The molecule has 3 heterocycles. The highest BCUT2D eigenvalue weighted by Crippen LogP contribution is 2.32. The Morgan fingerprint density at radius 3 is 2.67 bits per heavy atom. The minimum atomic E-state index is -0.681. The van der Waals surface area contributed by atoms with Crippen LogP contribution in [0.1, 0.15) is 17.2 Å². The Morgan fingerprint density at radius 2 is 1.87 bits per heavy atom. The first kappa shape index (κ1) is 20.1. The van der Waals surface area contributed by atoms with Crippen LogP contribution in [-0.4, -0.2) is 61.3 Å². The Morgan fingerprint density at radius 1 is 1.07 bits per heavy atom. The molecule has 30 heavy (non-hydrogen) atoms. The molecule has 1 aromatic heterocycles. The van der Waals surface area contributed by atoms with Crippen molar-refractivity contribution in [2.45, 2.75) is 12.6 Å². The number of rotatable bonds is 6. The summed E-state index contributed by atoms with van der Waals surface area (Å²) in [6, 6.07) is 9.15. The molecule has 0 spiro atoms. The van der Waals surface area contributed by atoms with Gasteiger partial charge < -0.3 is 24.8 Å². The quantitative estimate of drug-likeness (QED) is 0.671. The molecular formula is C21H24N4O5. The molecule has 9 heteroatoms. The van der Waals surface area contributed by atoms with Crippen molar-refractivity contribution in [2.75, 3.05) is 39.6 Å². The number of carbonyl (C=O) groups excluding carboxylic acids is 2. The third-order valence-corrected chi connectivity index (χ3v) is 5.11. The predicted molar refractivity (Wildman–Crippen MR) is 107 cm³/mol. The Balaban J connectivity index is 1.31. The van der Waals surface area contributed by atoms with Crippen LogP contribution in [0.2, 0.25) is 0 Å². The van der Waals surface area contributed by atoms with Crippen molar-refractivity contribution < 1.29 is 23.8 Å². The fourth-order valence-corrected chi connectivity index (χ4v) is 3.50. The molecule has 0 bridgehead atoms. The molecule has 2 aromatic rings. The van der Waals surface area contributed by atoms with Gasteiger partial charge in [0.15, 0.2) is 11.5 Å². The third-order valence-electron chi connectivity index (χ3n) is 5.11. The van der Waals surface area contributed by atoms with E-state index in [4.69, 9.17) is 14.2 Å². The highest BCUT2D eigenvalue weighted by Gasteiger charge is 2.24. The van der Waals surface area contributed by atoms with Crippen molar-refractivity contribution in [1.29, 1.82) is 0 Å². The molecule has 2 amide bonds. The highest BCUT2D eigenvalue weighted by molar-refractivity contribution is 6.35. The summed E-state index contributed by atoms with van der Waals surface area (Å²) in [5.74, 6) is -0.0409. The van der Waals surface area contributed by atoms with Gasteiger partial charge in [0.1, 0.15) is 0 Å². The van der Waals surface area contributed by atoms with Crippen molar-refractivity contribution >= 4 is 11.8 Å². The van der Waals surface area contributed by atoms with Gasteiger partial charge in [-0.15, -0.1) is 0 Å². The molecule has 4 rings (SSSR count). The van der Waals surface area contributed by atoms with Gasteiger partial charge in [0, 0.05) is 38.6 Å². The van der Waals surface area contributed by atoms with Gasteiger partial charge in [-0.3, -0.25) is 19.5 Å². The van der Waals surface area contributed by atoms with Crippen molar-refractivity contribution in [3.63, 3.8) is 0 Å². The molecule has 2 N–H and O–H groups in total. The Kier molecular flexibility index (Phi) is 6.41. The molecule has 1 saturated heterocycles. The van der Waals surface area contributed by atoms with Crippen LogP contribution in [-0.2, 0) is 20.9 Å². The van der Waals surface area contributed by atoms with Crippen LogP contribution in [0.3, 0.4) is 0 Å². The number of hydrogen-bond acceptors (Lipinski definition) is 7. The summed E-state index contributed by atoms with van der Waals surface area (Å²) in [4.78, 5) is 31.0. The van der Waals surface area contributed by atoms with E-state index in [0.29, 0.717) is 31.3 Å². The Bertz CT molecular complexity index is 886. The van der Waals surface area contributed by atoms with E-state index in [-0.39, 0.29) is 19.4 Å². The molecule has 1 unspecified atom stereocenters. The molecule has 1 atom stereocenters. The highest BCUT2D eigenvalue weighted by atomic mass is 16.7. The zero-order valence-electron chi connectivity index (χ0n) is 16.5. The smallest absolute Gasteiger partial charge is 0.309 e. The summed E-state index contributed by atoms with van der Waals surface area (Å²) in [6.45, 7) is 3.51. The summed E-state index contributed by atoms with van der Waals surface area (Å²) < 4.78 is 16.0. The summed E-state index contributed by atoms with van der Waals surface area (Å²) in [6.07, 6.45) is 3.49. The second-order valence-corrected chi connectivity index (χ2v) is 7.03. The Labute approximate surface area is 174 Å². The predicted octanol–water partition coefficient (Wildman–Crippen LogP) is 0.616. The number of amides is 2. The number of nitrogens with one attached hydrogen (secondary N) is 2. The molecule has 0 saturated carbocycles. The average Bonchev–Trinajstić information content (AvgIpc) is 3.27. The molecule has 0 radical (unpaired) electrons. The lowest BCUT2D eigenvalue weighted by atomic mass is 10.1. The minimum Gasteiger partial charge on any atom is -0.454 e. The molecule has 2 aliphatic heterocycles. The van der Waals surface area contributed by atoms with Crippen molar-refractivity contribution in [3.05, 3.63) is 53.9 Å². The van der Waals surface area contributed by atoms with Gasteiger partial charge in [-0.2, -0.15) is 0 Å². The lowest BCUT2D eigenvalue weighted by Crippen LogP contribution is -2.46. The summed E-state index contributed by atoms with van der Waals surface area (Å²) in [5, 5.41) is 5.39. The van der Waals surface area contributed by atoms with E-state index < -0.39 is 11.8 Å². The number of nitrogens with zero attached hydrogens (tertiary/aromatic N) is 2. The molecular weight excluding hydrogens is 388 g/mol. The molecule has 0 aliphatic carbocycles. The second kappa shape index (κ2) is 9.55. The first-order valence-electron chi connectivity index (χ1n) is 9.87. The normalized spacial score (nSPS) is 16.7. The van der Waals surface area contributed by atoms with Gasteiger partial charge in [0.05, 0.1) is 19.3 Å². The summed E-state index contributed by atoms with van der Waals surface area (Å²) in [7, 11) is 0. The topological polar surface area (TPSA) is 102 Å². The van der Waals surface area contributed by atoms with Gasteiger partial charge in [-0.25, -0.2) is 0 Å². The standard InChI is InChI=1S/C21H24N4O5/c26-20(23-11-15-3-4-18-19(10-15)30-14-29-18)21(27)24-13-17(16-2-1-5-22-12-16)25-6-8-28-9-7-25/h1-5,10,12,17H,6-9,11,13-14H2,(H,23,26)(H,24,27). The fraction of sp³-hybridized carbons (Fsp3) is 0.381. The van der Waals surface area contributed by atoms with Crippen molar-refractivity contribution in [2.24, 2.45) is 0 Å². The van der Waals surface area contributed by atoms with E-state index in [1.165, 1.54) is 0 Å². The first-order valence-corrected chi connectivity index (χ1v) is 9.87. The third kappa shape index (κ3) is 4.87. The monoisotopic (exact) mass is 412 g/mol. The van der Waals surface area contributed by atoms with E-state index in [2.05, 4.69) is 20.5 Å². The lowest BCUT2D eigenvalue weighted by Gasteiger charge is -2.34. The number of ether oxygens (including phenoxy) is 3. The van der Waals surface area contributed by atoms with Gasteiger partial charge in [0.2, 0.25) is 6.79 Å². The van der Waals surface area contributed by atoms with Gasteiger partial charge in [0.25, 0.3) is 0 Å². The number of benzene rings is 1. The number of morpholine rings is 1. The van der Waals surface area contributed by atoms with E-state index >= 15 is 0 Å². The fourth-order valence-electron chi connectivity index (χ4n) is 3.50. The van der Waals surface area contributed by atoms with Crippen LogP contribution < -0.4 is 20.1 Å². The van der Waals surface area contributed by atoms with Gasteiger partial charge in [-0.1, -0.05) is 12.1 Å².